The number of aromatic nitrogens is 2. The van der Waals surface area contributed by atoms with Crippen molar-refractivity contribution in [2.45, 2.75) is 0 Å². The van der Waals surface area contributed by atoms with Gasteiger partial charge in [0.1, 0.15) is 6.33 Å². The lowest BCUT2D eigenvalue weighted by Crippen LogP contribution is -1.83. The topological polar surface area (TPSA) is 17.8 Å². The molecule has 2 heteroatoms. The third kappa shape index (κ3) is 1.10. The molecule has 0 N–H and O–H groups in total. The van der Waals surface area contributed by atoms with E-state index in [-0.39, 0.29) is 0 Å². The van der Waals surface area contributed by atoms with Gasteiger partial charge in [0.2, 0.25) is 0 Å². The zero-order valence-corrected chi connectivity index (χ0v) is 8.01. The van der Waals surface area contributed by atoms with E-state index in [1.807, 2.05) is 12.1 Å². The van der Waals surface area contributed by atoms with Gasteiger partial charge in [-0.1, -0.05) is 30.7 Å². The number of terminal acetylenes is 1. The monoisotopic (exact) mass is 192 g/mol. The SMILES string of the molecule is C#Cn1cnc2cc3ccccc3cc21. The van der Waals surface area contributed by atoms with Crippen LogP contribution < -0.4 is 0 Å². The summed E-state index contributed by atoms with van der Waals surface area (Å²) in [6.45, 7) is 0. The van der Waals surface area contributed by atoms with Gasteiger partial charge in [-0.3, -0.25) is 4.57 Å². The van der Waals surface area contributed by atoms with E-state index >= 15 is 0 Å². The highest BCUT2D eigenvalue weighted by Gasteiger charge is 2.02. The van der Waals surface area contributed by atoms with Crippen LogP contribution in [0.25, 0.3) is 21.8 Å². The zero-order valence-electron chi connectivity index (χ0n) is 8.01. The summed E-state index contributed by atoms with van der Waals surface area (Å²) in [7, 11) is 0. The molecule has 1 heterocycles. The number of rotatable bonds is 0. The second-order valence-electron chi connectivity index (χ2n) is 3.43. The van der Waals surface area contributed by atoms with Crippen LogP contribution in [-0.2, 0) is 0 Å². The largest absolute Gasteiger partial charge is 0.257 e. The minimum Gasteiger partial charge on any atom is -0.257 e. The molecule has 2 aromatic carbocycles. The molecule has 70 valence electrons. The van der Waals surface area contributed by atoms with E-state index in [9.17, 15) is 0 Å². The molecular weight excluding hydrogens is 184 g/mol. The fraction of sp³-hybridized carbons (Fsp3) is 0. The van der Waals surface area contributed by atoms with Crippen molar-refractivity contribution in [1.82, 2.24) is 9.55 Å². The lowest BCUT2D eigenvalue weighted by Gasteiger charge is -1.98. The molecule has 3 rings (SSSR count). The Morgan fingerprint density at radius 3 is 2.60 bits per heavy atom. The van der Waals surface area contributed by atoms with Crippen LogP contribution in [0.3, 0.4) is 0 Å². The summed E-state index contributed by atoms with van der Waals surface area (Å²) in [5.41, 5.74) is 1.92. The van der Waals surface area contributed by atoms with Crippen LogP contribution in [0, 0.1) is 12.5 Å². The fourth-order valence-corrected chi connectivity index (χ4v) is 1.80. The van der Waals surface area contributed by atoms with Crippen molar-refractivity contribution in [3.8, 4) is 12.5 Å². The molecule has 0 spiro atoms. The first-order valence-electron chi connectivity index (χ1n) is 4.71. The third-order valence-corrected chi connectivity index (χ3v) is 2.55. The third-order valence-electron chi connectivity index (χ3n) is 2.55. The highest BCUT2D eigenvalue weighted by molar-refractivity contribution is 5.95. The van der Waals surface area contributed by atoms with Crippen LogP contribution in [-0.4, -0.2) is 9.55 Å². The molecule has 15 heavy (non-hydrogen) atoms. The van der Waals surface area contributed by atoms with Gasteiger partial charge in [-0.05, 0) is 22.9 Å². The van der Waals surface area contributed by atoms with Gasteiger partial charge < -0.3 is 0 Å². The average Bonchev–Trinajstić information content (AvgIpc) is 2.68. The molecule has 0 fully saturated rings. The maximum atomic E-state index is 5.38. The van der Waals surface area contributed by atoms with Crippen molar-refractivity contribution < 1.29 is 0 Å². The summed E-state index contributed by atoms with van der Waals surface area (Å²) in [6, 6.07) is 14.9. The average molecular weight is 192 g/mol. The Labute approximate surface area is 87.2 Å². The molecule has 0 saturated heterocycles. The summed E-state index contributed by atoms with van der Waals surface area (Å²) in [4.78, 5) is 4.26. The summed E-state index contributed by atoms with van der Waals surface area (Å²) < 4.78 is 1.70. The number of fused-ring (bicyclic) bond motifs is 2. The second-order valence-corrected chi connectivity index (χ2v) is 3.43. The van der Waals surface area contributed by atoms with Crippen LogP contribution in [0.4, 0.5) is 0 Å². The second kappa shape index (κ2) is 2.86. The molecule has 0 amide bonds. The van der Waals surface area contributed by atoms with Gasteiger partial charge in [-0.2, -0.15) is 0 Å². The van der Waals surface area contributed by atoms with E-state index in [2.05, 4.69) is 35.3 Å². The van der Waals surface area contributed by atoms with Crippen LogP contribution >= 0.6 is 0 Å². The first-order chi connectivity index (χ1) is 7.38. The lowest BCUT2D eigenvalue weighted by molar-refractivity contribution is 1.15. The predicted molar refractivity (Wildman–Crippen MR) is 61.5 cm³/mol. The van der Waals surface area contributed by atoms with Gasteiger partial charge in [0.15, 0.2) is 0 Å². The van der Waals surface area contributed by atoms with Crippen molar-refractivity contribution in [3.05, 3.63) is 42.7 Å². The Hall–Kier alpha value is -2.27. The molecule has 0 aliphatic carbocycles. The zero-order chi connectivity index (χ0) is 10.3. The number of nitrogens with zero attached hydrogens (tertiary/aromatic N) is 2. The highest BCUT2D eigenvalue weighted by atomic mass is 15.0. The van der Waals surface area contributed by atoms with Crippen molar-refractivity contribution in [2.75, 3.05) is 0 Å². The maximum Gasteiger partial charge on any atom is 0.108 e. The van der Waals surface area contributed by atoms with Gasteiger partial charge in [0.05, 0.1) is 11.0 Å². The van der Waals surface area contributed by atoms with Crippen LogP contribution in [0.15, 0.2) is 42.7 Å². The number of hydrogen-bond donors (Lipinski definition) is 0. The quantitative estimate of drug-likeness (QED) is 0.501. The Morgan fingerprint density at radius 1 is 1.13 bits per heavy atom. The Bertz CT molecular complexity index is 686. The van der Waals surface area contributed by atoms with E-state index in [1.165, 1.54) is 10.8 Å². The predicted octanol–water partition coefficient (Wildman–Crippen LogP) is 2.63. The van der Waals surface area contributed by atoms with Crippen molar-refractivity contribution >= 4 is 21.8 Å². The van der Waals surface area contributed by atoms with E-state index in [0.717, 1.165) is 11.0 Å². The first kappa shape index (κ1) is 8.07. The fourth-order valence-electron chi connectivity index (χ4n) is 1.80. The molecule has 1 aromatic heterocycles. The van der Waals surface area contributed by atoms with Gasteiger partial charge in [-0.15, -0.1) is 0 Å². The standard InChI is InChI=1S/C13H8N2/c1-2-15-9-14-12-7-10-5-3-4-6-11(10)8-13(12)15/h1,3-9H. The van der Waals surface area contributed by atoms with Gasteiger partial charge in [0.25, 0.3) is 0 Å². The van der Waals surface area contributed by atoms with Crippen LogP contribution in [0.5, 0.6) is 0 Å². The Morgan fingerprint density at radius 2 is 1.87 bits per heavy atom. The summed E-state index contributed by atoms with van der Waals surface area (Å²) in [5.74, 6) is 0. The van der Waals surface area contributed by atoms with Gasteiger partial charge in [-0.25, -0.2) is 4.98 Å². The van der Waals surface area contributed by atoms with Crippen LogP contribution in [0.1, 0.15) is 0 Å². The molecule has 0 unspecified atom stereocenters. The van der Waals surface area contributed by atoms with E-state index in [1.54, 1.807) is 10.9 Å². The van der Waals surface area contributed by atoms with Gasteiger partial charge >= 0.3 is 0 Å². The minimum absolute atomic E-state index is 0.937. The summed E-state index contributed by atoms with van der Waals surface area (Å²) >= 11 is 0. The van der Waals surface area contributed by atoms with Crippen molar-refractivity contribution in [3.63, 3.8) is 0 Å². The van der Waals surface area contributed by atoms with E-state index in [4.69, 9.17) is 6.42 Å². The normalized spacial score (nSPS) is 10.6. The summed E-state index contributed by atoms with van der Waals surface area (Å²) in [6.07, 6.45) is 7.05. The van der Waals surface area contributed by atoms with E-state index in [0.29, 0.717) is 0 Å². The first-order valence-corrected chi connectivity index (χ1v) is 4.71. The van der Waals surface area contributed by atoms with Gasteiger partial charge in [0, 0.05) is 6.04 Å². The molecule has 0 aliphatic rings. The van der Waals surface area contributed by atoms with Crippen LogP contribution in [0.2, 0.25) is 0 Å². The number of benzene rings is 2. The number of hydrogen-bond acceptors (Lipinski definition) is 1. The molecule has 0 radical (unpaired) electrons. The molecule has 2 nitrogen and oxygen atoms in total. The smallest absolute Gasteiger partial charge is 0.108 e. The minimum atomic E-state index is 0.937. The molecule has 0 aliphatic heterocycles. The number of imidazole rings is 1. The summed E-state index contributed by atoms with van der Waals surface area (Å²) in [5, 5.41) is 2.37. The lowest BCUT2D eigenvalue weighted by atomic mass is 10.1. The maximum absolute atomic E-state index is 5.38. The Kier molecular flexibility index (Phi) is 1.54. The molecule has 0 saturated carbocycles. The van der Waals surface area contributed by atoms with Crippen molar-refractivity contribution in [2.24, 2.45) is 0 Å². The highest BCUT2D eigenvalue weighted by Crippen LogP contribution is 2.21. The molecule has 0 bridgehead atoms. The van der Waals surface area contributed by atoms with Crippen molar-refractivity contribution in [1.29, 1.82) is 0 Å². The molecule has 0 atom stereocenters. The molecular formula is C13H8N2. The Balaban J connectivity index is 2.51. The van der Waals surface area contributed by atoms with E-state index < -0.39 is 0 Å². The molecule has 3 aromatic rings.